The maximum atomic E-state index is 11.9. The lowest BCUT2D eigenvalue weighted by molar-refractivity contribution is 0.0598. The topological polar surface area (TPSA) is 82.1 Å². The van der Waals surface area contributed by atoms with Crippen molar-refractivity contribution >= 4 is 11.9 Å². The first kappa shape index (κ1) is 26.2. The number of carbonyl (C=O) groups excluding carboxylic acids is 2. The van der Waals surface area contributed by atoms with Crippen molar-refractivity contribution in [3.05, 3.63) is 58.1 Å². The number of aromatic hydroxyl groups is 1. The Labute approximate surface area is 196 Å². The molecule has 0 aliphatic heterocycles. The van der Waals surface area contributed by atoms with Gasteiger partial charge in [0.2, 0.25) is 0 Å². The molecule has 2 rings (SSSR count). The Morgan fingerprint density at radius 3 is 1.64 bits per heavy atom. The normalized spacial score (nSPS) is 11.8. The second kappa shape index (κ2) is 10.3. The van der Waals surface area contributed by atoms with Gasteiger partial charge in [-0.15, -0.1) is 0 Å². The highest BCUT2D eigenvalue weighted by Crippen LogP contribution is 2.40. The van der Waals surface area contributed by atoms with E-state index in [4.69, 9.17) is 14.2 Å². The van der Waals surface area contributed by atoms with Crippen LogP contribution in [-0.4, -0.2) is 37.9 Å². The van der Waals surface area contributed by atoms with Gasteiger partial charge < -0.3 is 19.3 Å². The van der Waals surface area contributed by atoms with E-state index in [2.05, 4.69) is 53.7 Å². The predicted molar refractivity (Wildman–Crippen MR) is 128 cm³/mol. The summed E-state index contributed by atoms with van der Waals surface area (Å²) in [4.78, 5) is 23.9. The monoisotopic (exact) mass is 456 g/mol. The Hall–Kier alpha value is -3.02. The molecule has 0 aromatic heterocycles. The number of ether oxygens (including phenoxy) is 3. The fraction of sp³-hybridized carbons (Fsp3) is 0.481. The van der Waals surface area contributed by atoms with Crippen molar-refractivity contribution in [3.8, 4) is 11.5 Å². The number of esters is 2. The molecule has 2 aromatic carbocycles. The molecule has 0 atom stereocenters. The van der Waals surface area contributed by atoms with Crippen LogP contribution in [0.5, 0.6) is 11.5 Å². The summed E-state index contributed by atoms with van der Waals surface area (Å²) in [5.74, 6) is -0.349. The van der Waals surface area contributed by atoms with Crippen molar-refractivity contribution in [2.75, 3.05) is 20.8 Å². The molecule has 0 fully saturated rings. The van der Waals surface area contributed by atoms with Gasteiger partial charge in [0.15, 0.2) is 0 Å². The molecule has 0 unspecified atom stereocenters. The molecule has 0 bridgehead atoms. The molecule has 2 aromatic rings. The maximum Gasteiger partial charge on any atom is 0.338 e. The zero-order chi connectivity index (χ0) is 25.0. The lowest BCUT2D eigenvalue weighted by Gasteiger charge is -2.28. The van der Waals surface area contributed by atoms with Crippen LogP contribution in [-0.2, 0) is 26.7 Å². The molecule has 0 aliphatic carbocycles. The average Bonchev–Trinajstić information content (AvgIpc) is 2.74. The number of rotatable bonds is 7. The number of phenols is 1. The number of carbonyl (C=O) groups is 2. The van der Waals surface area contributed by atoms with Gasteiger partial charge in [0.1, 0.15) is 11.5 Å². The van der Waals surface area contributed by atoms with Crippen molar-refractivity contribution in [2.24, 2.45) is 0 Å². The first-order valence-electron chi connectivity index (χ1n) is 11.1. The SMILES string of the molecule is COC(=O)c1cc(OCCCc2cc(C(C)(C)C)c(O)c(C(C)(C)C)c2)cc(C(=O)OC)c1. The molecule has 0 aliphatic rings. The highest BCUT2D eigenvalue weighted by Gasteiger charge is 2.26. The first-order chi connectivity index (χ1) is 15.3. The van der Waals surface area contributed by atoms with Crippen LogP contribution in [0.15, 0.2) is 30.3 Å². The fourth-order valence-corrected chi connectivity index (χ4v) is 3.60. The smallest absolute Gasteiger partial charge is 0.338 e. The summed E-state index contributed by atoms with van der Waals surface area (Å²) in [6.07, 6.45) is 1.47. The Kier molecular flexibility index (Phi) is 8.17. The number of hydrogen-bond donors (Lipinski definition) is 1. The number of phenolic OH excluding ortho intramolecular Hbond substituents is 1. The van der Waals surface area contributed by atoms with Crippen molar-refractivity contribution in [3.63, 3.8) is 0 Å². The highest BCUT2D eigenvalue weighted by molar-refractivity contribution is 5.96. The Bertz CT molecular complexity index is 939. The van der Waals surface area contributed by atoms with Crippen molar-refractivity contribution < 1.29 is 28.9 Å². The minimum atomic E-state index is -0.556. The number of benzene rings is 2. The van der Waals surface area contributed by atoms with E-state index >= 15 is 0 Å². The van der Waals surface area contributed by atoms with Crippen LogP contribution in [0, 0.1) is 0 Å². The standard InChI is InChI=1S/C27H36O6/c1-26(2,3)21-12-17(13-22(23(21)28)27(4,5)6)10-9-11-33-20-15-18(24(29)31-7)14-19(16-20)25(30)32-8/h12-16,28H,9-11H2,1-8H3. The second-order valence-electron chi connectivity index (χ2n) is 10.2. The number of aryl methyl sites for hydroxylation is 1. The molecule has 33 heavy (non-hydrogen) atoms. The molecular weight excluding hydrogens is 420 g/mol. The summed E-state index contributed by atoms with van der Waals surface area (Å²) >= 11 is 0. The molecular formula is C27H36O6. The predicted octanol–water partition coefficient (Wildman–Crippen LogP) is 5.57. The van der Waals surface area contributed by atoms with Gasteiger partial charge in [0.05, 0.1) is 32.0 Å². The molecule has 0 radical (unpaired) electrons. The van der Waals surface area contributed by atoms with Gasteiger partial charge in [-0.2, -0.15) is 0 Å². The van der Waals surface area contributed by atoms with E-state index in [0.29, 0.717) is 24.5 Å². The van der Waals surface area contributed by atoms with Crippen molar-refractivity contribution in [2.45, 2.75) is 65.2 Å². The fourth-order valence-electron chi connectivity index (χ4n) is 3.60. The summed E-state index contributed by atoms with van der Waals surface area (Å²) in [5, 5.41) is 10.9. The van der Waals surface area contributed by atoms with Crippen LogP contribution in [0.3, 0.4) is 0 Å². The van der Waals surface area contributed by atoms with Crippen LogP contribution < -0.4 is 4.74 Å². The summed E-state index contributed by atoms with van der Waals surface area (Å²) in [5.41, 5.74) is 3.06. The quantitative estimate of drug-likeness (QED) is 0.433. The molecule has 0 amide bonds. The summed E-state index contributed by atoms with van der Waals surface area (Å²) in [7, 11) is 2.56. The second-order valence-corrected chi connectivity index (χ2v) is 10.2. The Balaban J connectivity index is 2.19. The lowest BCUT2D eigenvalue weighted by atomic mass is 9.78. The lowest BCUT2D eigenvalue weighted by Crippen LogP contribution is -2.18. The van der Waals surface area contributed by atoms with Gasteiger partial charge in [-0.25, -0.2) is 9.59 Å². The molecule has 0 saturated carbocycles. The van der Waals surface area contributed by atoms with E-state index in [1.807, 2.05) is 0 Å². The Morgan fingerprint density at radius 1 is 0.788 bits per heavy atom. The number of hydrogen-bond acceptors (Lipinski definition) is 6. The average molecular weight is 457 g/mol. The first-order valence-corrected chi connectivity index (χ1v) is 11.1. The van der Waals surface area contributed by atoms with E-state index in [-0.39, 0.29) is 22.0 Å². The molecule has 180 valence electrons. The van der Waals surface area contributed by atoms with E-state index in [1.54, 1.807) is 12.1 Å². The van der Waals surface area contributed by atoms with Crippen LogP contribution in [0.2, 0.25) is 0 Å². The third-order valence-corrected chi connectivity index (χ3v) is 5.41. The minimum absolute atomic E-state index is 0.185. The van der Waals surface area contributed by atoms with Gasteiger partial charge in [-0.1, -0.05) is 53.7 Å². The third-order valence-electron chi connectivity index (χ3n) is 5.41. The van der Waals surface area contributed by atoms with Gasteiger partial charge in [-0.05, 0) is 58.6 Å². The third kappa shape index (κ3) is 6.73. The highest BCUT2D eigenvalue weighted by atomic mass is 16.5. The molecule has 6 heteroatoms. The summed E-state index contributed by atoms with van der Waals surface area (Å²) < 4.78 is 15.4. The van der Waals surface area contributed by atoms with E-state index in [0.717, 1.165) is 23.1 Å². The van der Waals surface area contributed by atoms with Crippen molar-refractivity contribution in [1.82, 2.24) is 0 Å². The van der Waals surface area contributed by atoms with E-state index < -0.39 is 11.9 Å². The van der Waals surface area contributed by atoms with Gasteiger partial charge in [0.25, 0.3) is 0 Å². The van der Waals surface area contributed by atoms with Gasteiger partial charge in [0, 0.05) is 0 Å². The number of methoxy groups -OCH3 is 2. The van der Waals surface area contributed by atoms with E-state index in [9.17, 15) is 14.7 Å². The Morgan fingerprint density at radius 2 is 1.24 bits per heavy atom. The summed E-state index contributed by atoms with van der Waals surface area (Å²) in [6, 6.07) is 8.65. The van der Waals surface area contributed by atoms with Crippen LogP contribution in [0.1, 0.15) is 85.4 Å². The van der Waals surface area contributed by atoms with Crippen LogP contribution >= 0.6 is 0 Å². The molecule has 0 saturated heterocycles. The van der Waals surface area contributed by atoms with Gasteiger partial charge >= 0.3 is 11.9 Å². The molecule has 1 N–H and O–H groups in total. The van der Waals surface area contributed by atoms with Crippen LogP contribution in [0.4, 0.5) is 0 Å². The summed E-state index contributed by atoms with van der Waals surface area (Å²) in [6.45, 7) is 12.9. The van der Waals surface area contributed by atoms with Crippen LogP contribution in [0.25, 0.3) is 0 Å². The van der Waals surface area contributed by atoms with Gasteiger partial charge in [-0.3, -0.25) is 0 Å². The largest absolute Gasteiger partial charge is 0.507 e. The molecule has 0 heterocycles. The van der Waals surface area contributed by atoms with Crippen molar-refractivity contribution in [1.29, 1.82) is 0 Å². The molecule has 0 spiro atoms. The minimum Gasteiger partial charge on any atom is -0.507 e. The zero-order valence-electron chi connectivity index (χ0n) is 21.0. The molecule has 6 nitrogen and oxygen atoms in total. The van der Waals surface area contributed by atoms with E-state index in [1.165, 1.54) is 20.3 Å². The maximum absolute atomic E-state index is 11.9. The zero-order valence-corrected chi connectivity index (χ0v) is 21.0.